The van der Waals surface area contributed by atoms with E-state index in [9.17, 15) is 14.4 Å². The first-order valence-electron chi connectivity index (χ1n) is 24.1. The van der Waals surface area contributed by atoms with Crippen LogP contribution < -0.4 is 0 Å². The maximum absolute atomic E-state index is 12.7. The van der Waals surface area contributed by atoms with E-state index >= 15 is 0 Å². The van der Waals surface area contributed by atoms with Crippen molar-refractivity contribution in [3.05, 3.63) is 48.6 Å². The molecule has 0 rings (SSSR count). The van der Waals surface area contributed by atoms with Gasteiger partial charge in [-0.15, -0.1) is 0 Å². The number of carbonyl (C=O) groups excluding carboxylic acids is 3. The summed E-state index contributed by atoms with van der Waals surface area (Å²) in [5, 5.41) is 0. The standard InChI is InChI=1S/C51H90O6/c1-4-7-10-13-16-18-20-22-23-24-25-26-27-28-29-30-32-33-35-38-41-44-50(53)56-47-48(46-55-49(52)43-40-37-15-12-9-6-3)57-51(54)45-42-39-36-34-31-21-19-17-14-11-8-5-2/h17,19-20,22,24-25,27-28,48H,4-16,18,21,23,26,29-47H2,1-3H3/b19-17-,22-20-,25-24-,28-27-. The van der Waals surface area contributed by atoms with Crippen molar-refractivity contribution in [3.8, 4) is 0 Å². The minimum atomic E-state index is -0.777. The van der Waals surface area contributed by atoms with Crippen LogP contribution in [0, 0.1) is 0 Å². The lowest BCUT2D eigenvalue weighted by atomic mass is 10.1. The molecule has 0 aliphatic heterocycles. The second-order valence-electron chi connectivity index (χ2n) is 16.0. The van der Waals surface area contributed by atoms with E-state index in [1.54, 1.807) is 0 Å². The topological polar surface area (TPSA) is 78.9 Å². The van der Waals surface area contributed by atoms with Crippen LogP contribution in [0.2, 0.25) is 0 Å². The molecule has 0 aliphatic rings. The molecule has 0 spiro atoms. The van der Waals surface area contributed by atoms with Crippen LogP contribution in [0.1, 0.15) is 239 Å². The zero-order valence-corrected chi connectivity index (χ0v) is 37.6. The fourth-order valence-electron chi connectivity index (χ4n) is 6.62. The fourth-order valence-corrected chi connectivity index (χ4v) is 6.62. The van der Waals surface area contributed by atoms with Gasteiger partial charge in [0.25, 0.3) is 0 Å². The molecule has 0 saturated carbocycles. The van der Waals surface area contributed by atoms with Gasteiger partial charge >= 0.3 is 17.9 Å². The largest absolute Gasteiger partial charge is 0.462 e. The summed E-state index contributed by atoms with van der Waals surface area (Å²) in [7, 11) is 0. The molecule has 0 heterocycles. The Morgan fingerprint density at radius 3 is 1.04 bits per heavy atom. The van der Waals surface area contributed by atoms with E-state index in [0.29, 0.717) is 19.3 Å². The molecule has 0 bridgehead atoms. The van der Waals surface area contributed by atoms with Gasteiger partial charge in [0.2, 0.25) is 0 Å². The van der Waals surface area contributed by atoms with Gasteiger partial charge in [-0.1, -0.05) is 185 Å². The smallest absolute Gasteiger partial charge is 0.306 e. The number of unbranched alkanes of at least 4 members (excludes halogenated alkanes) is 24. The van der Waals surface area contributed by atoms with E-state index in [-0.39, 0.29) is 31.1 Å². The lowest BCUT2D eigenvalue weighted by Crippen LogP contribution is -2.30. The van der Waals surface area contributed by atoms with Gasteiger partial charge in [0, 0.05) is 19.3 Å². The van der Waals surface area contributed by atoms with Gasteiger partial charge in [-0.05, 0) is 83.5 Å². The Morgan fingerprint density at radius 2 is 0.632 bits per heavy atom. The maximum Gasteiger partial charge on any atom is 0.306 e. The summed E-state index contributed by atoms with van der Waals surface area (Å²) in [6, 6.07) is 0. The van der Waals surface area contributed by atoms with Crippen LogP contribution in [0.4, 0.5) is 0 Å². The van der Waals surface area contributed by atoms with Crippen LogP contribution in [-0.2, 0) is 28.6 Å². The predicted molar refractivity (Wildman–Crippen MR) is 242 cm³/mol. The maximum atomic E-state index is 12.7. The van der Waals surface area contributed by atoms with Crippen molar-refractivity contribution >= 4 is 17.9 Å². The highest BCUT2D eigenvalue weighted by Crippen LogP contribution is 2.13. The van der Waals surface area contributed by atoms with E-state index in [4.69, 9.17) is 14.2 Å². The van der Waals surface area contributed by atoms with Crippen molar-refractivity contribution in [1.29, 1.82) is 0 Å². The number of ether oxygens (including phenoxy) is 3. The second kappa shape index (κ2) is 46.1. The second-order valence-corrected chi connectivity index (χ2v) is 16.0. The molecule has 0 radical (unpaired) electrons. The van der Waals surface area contributed by atoms with Crippen molar-refractivity contribution in [1.82, 2.24) is 0 Å². The average molecular weight is 799 g/mol. The first kappa shape index (κ1) is 54.4. The van der Waals surface area contributed by atoms with E-state index < -0.39 is 6.10 Å². The molecule has 6 heteroatoms. The quantitative estimate of drug-likeness (QED) is 0.0265. The summed E-state index contributed by atoms with van der Waals surface area (Å²) in [5.74, 6) is -0.912. The number of esters is 3. The molecule has 0 aromatic heterocycles. The van der Waals surface area contributed by atoms with Crippen LogP contribution in [-0.4, -0.2) is 37.2 Å². The van der Waals surface area contributed by atoms with Crippen LogP contribution >= 0.6 is 0 Å². The molecular weight excluding hydrogens is 709 g/mol. The molecule has 0 aromatic rings. The van der Waals surface area contributed by atoms with Crippen molar-refractivity contribution in [2.45, 2.75) is 245 Å². The highest BCUT2D eigenvalue weighted by molar-refractivity contribution is 5.71. The number of rotatable bonds is 43. The first-order chi connectivity index (χ1) is 28.0. The van der Waals surface area contributed by atoms with Crippen molar-refractivity contribution in [3.63, 3.8) is 0 Å². The summed E-state index contributed by atoms with van der Waals surface area (Å²) in [6.45, 7) is 6.52. The van der Waals surface area contributed by atoms with Gasteiger partial charge in [0.15, 0.2) is 6.10 Å². The molecule has 0 saturated heterocycles. The first-order valence-corrected chi connectivity index (χ1v) is 24.1. The molecule has 1 unspecified atom stereocenters. The Balaban J connectivity index is 4.23. The van der Waals surface area contributed by atoms with Crippen molar-refractivity contribution in [2.24, 2.45) is 0 Å². The number of hydrogen-bond acceptors (Lipinski definition) is 6. The van der Waals surface area contributed by atoms with Crippen LogP contribution in [0.3, 0.4) is 0 Å². The summed E-state index contributed by atoms with van der Waals surface area (Å²) in [6.07, 6.45) is 54.0. The van der Waals surface area contributed by atoms with Gasteiger partial charge in [-0.3, -0.25) is 14.4 Å². The third-order valence-corrected chi connectivity index (χ3v) is 10.3. The Hall–Kier alpha value is -2.63. The van der Waals surface area contributed by atoms with Crippen molar-refractivity contribution < 1.29 is 28.6 Å². The highest BCUT2D eigenvalue weighted by atomic mass is 16.6. The summed E-state index contributed by atoms with van der Waals surface area (Å²) >= 11 is 0. The van der Waals surface area contributed by atoms with E-state index in [2.05, 4.69) is 69.4 Å². The van der Waals surface area contributed by atoms with Crippen LogP contribution in [0.5, 0.6) is 0 Å². The van der Waals surface area contributed by atoms with Crippen molar-refractivity contribution in [2.75, 3.05) is 13.2 Å². The number of allylic oxidation sites excluding steroid dienone is 8. The Labute approximate surface area is 352 Å². The number of carbonyl (C=O) groups is 3. The lowest BCUT2D eigenvalue weighted by molar-refractivity contribution is -0.167. The minimum absolute atomic E-state index is 0.0809. The molecule has 330 valence electrons. The van der Waals surface area contributed by atoms with Gasteiger partial charge < -0.3 is 14.2 Å². The molecule has 0 N–H and O–H groups in total. The predicted octanol–water partition coefficient (Wildman–Crippen LogP) is 15.5. The fraction of sp³-hybridized carbons (Fsp3) is 0.784. The van der Waals surface area contributed by atoms with Crippen LogP contribution in [0.25, 0.3) is 0 Å². The van der Waals surface area contributed by atoms with E-state index in [1.807, 2.05) is 0 Å². The van der Waals surface area contributed by atoms with Gasteiger partial charge in [0.05, 0.1) is 0 Å². The monoisotopic (exact) mass is 799 g/mol. The van der Waals surface area contributed by atoms with Gasteiger partial charge in [0.1, 0.15) is 13.2 Å². The van der Waals surface area contributed by atoms with E-state index in [1.165, 1.54) is 109 Å². The Morgan fingerprint density at radius 1 is 0.351 bits per heavy atom. The third kappa shape index (κ3) is 44.3. The van der Waals surface area contributed by atoms with E-state index in [0.717, 1.165) is 89.9 Å². The summed E-state index contributed by atoms with van der Waals surface area (Å²) in [5.41, 5.74) is 0. The SMILES string of the molecule is CCCCC/C=C\CCCCCCCC(=O)OC(COC(=O)CCCCCCCC)COC(=O)CCCCCCCC/C=C\C/C=C\C/C=C\CCCCCCC. The number of hydrogen-bond donors (Lipinski definition) is 0. The molecule has 0 amide bonds. The molecule has 0 fully saturated rings. The minimum Gasteiger partial charge on any atom is -0.462 e. The average Bonchev–Trinajstić information content (AvgIpc) is 3.21. The molecule has 0 aliphatic carbocycles. The molecule has 6 nitrogen and oxygen atoms in total. The Kier molecular flexibility index (Phi) is 43.9. The molecule has 1 atom stereocenters. The van der Waals surface area contributed by atoms with Crippen LogP contribution in [0.15, 0.2) is 48.6 Å². The summed E-state index contributed by atoms with van der Waals surface area (Å²) in [4.78, 5) is 37.6. The van der Waals surface area contributed by atoms with Gasteiger partial charge in [-0.2, -0.15) is 0 Å². The zero-order valence-electron chi connectivity index (χ0n) is 37.6. The molecule has 57 heavy (non-hydrogen) atoms. The summed E-state index contributed by atoms with van der Waals surface area (Å²) < 4.78 is 16.6. The zero-order chi connectivity index (χ0) is 41.5. The van der Waals surface area contributed by atoms with Gasteiger partial charge in [-0.25, -0.2) is 0 Å². The normalized spacial score (nSPS) is 12.4. The molecule has 0 aromatic carbocycles. The lowest BCUT2D eigenvalue weighted by Gasteiger charge is -2.18. The third-order valence-electron chi connectivity index (χ3n) is 10.3. The Bertz CT molecular complexity index is 1010. The highest BCUT2D eigenvalue weighted by Gasteiger charge is 2.19. The molecular formula is C51H90O6.